The molecule has 0 fully saturated rings. The standard InChI is InChI=1S/C12H11NO3S/c1-16-9-4-2-8(3-5-9)6-11-13-7-10(17-11)12(14)15/h2-5,7H,6H2,1H3,(H,14,15). The van der Waals surface area contributed by atoms with Crippen molar-refractivity contribution in [2.45, 2.75) is 6.42 Å². The topological polar surface area (TPSA) is 59.4 Å². The molecule has 17 heavy (non-hydrogen) atoms. The Morgan fingerprint density at radius 3 is 2.65 bits per heavy atom. The summed E-state index contributed by atoms with van der Waals surface area (Å²) in [5, 5.41) is 9.59. The van der Waals surface area contributed by atoms with E-state index in [9.17, 15) is 4.79 Å². The quantitative estimate of drug-likeness (QED) is 0.904. The van der Waals surface area contributed by atoms with Gasteiger partial charge in [-0.15, -0.1) is 11.3 Å². The van der Waals surface area contributed by atoms with Gasteiger partial charge >= 0.3 is 5.97 Å². The molecule has 0 unspecified atom stereocenters. The van der Waals surface area contributed by atoms with E-state index < -0.39 is 5.97 Å². The van der Waals surface area contributed by atoms with Gasteiger partial charge in [-0.1, -0.05) is 12.1 Å². The molecule has 0 bridgehead atoms. The SMILES string of the molecule is COc1ccc(Cc2ncc(C(=O)O)s2)cc1. The number of carboxylic acids is 1. The van der Waals surface area contributed by atoms with Crippen molar-refractivity contribution in [3.63, 3.8) is 0 Å². The van der Waals surface area contributed by atoms with E-state index >= 15 is 0 Å². The molecule has 1 N–H and O–H groups in total. The van der Waals surface area contributed by atoms with Gasteiger partial charge in [-0.05, 0) is 17.7 Å². The fraction of sp³-hybridized carbons (Fsp3) is 0.167. The molecule has 2 aromatic rings. The molecule has 0 spiro atoms. The van der Waals surface area contributed by atoms with Crippen LogP contribution >= 0.6 is 11.3 Å². The van der Waals surface area contributed by atoms with Crippen LogP contribution in [0.5, 0.6) is 5.75 Å². The molecule has 1 aromatic heterocycles. The molecule has 0 radical (unpaired) electrons. The van der Waals surface area contributed by atoms with E-state index in [1.165, 1.54) is 17.5 Å². The molecule has 0 saturated heterocycles. The van der Waals surface area contributed by atoms with Crippen molar-refractivity contribution < 1.29 is 14.6 Å². The molecule has 0 atom stereocenters. The second kappa shape index (κ2) is 4.97. The first-order chi connectivity index (χ1) is 8.19. The Balaban J connectivity index is 2.11. The number of thiazole rings is 1. The van der Waals surface area contributed by atoms with Crippen LogP contribution in [0.1, 0.15) is 20.2 Å². The van der Waals surface area contributed by atoms with Crippen LogP contribution in [0, 0.1) is 0 Å². The fourth-order valence-corrected chi connectivity index (χ4v) is 2.20. The van der Waals surface area contributed by atoms with Crippen LogP contribution in [0.2, 0.25) is 0 Å². The van der Waals surface area contributed by atoms with Crippen LogP contribution in [-0.2, 0) is 6.42 Å². The number of methoxy groups -OCH3 is 1. The molecule has 0 aliphatic carbocycles. The summed E-state index contributed by atoms with van der Waals surface area (Å²) >= 11 is 1.20. The first kappa shape index (κ1) is 11.6. The molecular formula is C12H11NO3S. The average Bonchev–Trinajstić information content (AvgIpc) is 2.79. The Bertz CT molecular complexity index is 519. The Labute approximate surface area is 103 Å². The monoisotopic (exact) mass is 249 g/mol. The van der Waals surface area contributed by atoms with Crippen LogP contribution in [0.15, 0.2) is 30.5 Å². The fourth-order valence-electron chi connectivity index (χ4n) is 1.41. The van der Waals surface area contributed by atoms with Gasteiger partial charge in [0.05, 0.1) is 18.3 Å². The number of hydrogen-bond acceptors (Lipinski definition) is 4. The maximum Gasteiger partial charge on any atom is 0.347 e. The highest BCUT2D eigenvalue weighted by atomic mass is 32.1. The maximum atomic E-state index is 10.7. The van der Waals surface area contributed by atoms with Gasteiger partial charge in [0.2, 0.25) is 0 Å². The van der Waals surface area contributed by atoms with E-state index in [-0.39, 0.29) is 4.88 Å². The first-order valence-corrected chi connectivity index (χ1v) is 5.81. The molecule has 1 heterocycles. The Kier molecular flexibility index (Phi) is 3.39. The number of carboxylic acid groups (broad SMARTS) is 1. The lowest BCUT2D eigenvalue weighted by Gasteiger charge is -2.01. The van der Waals surface area contributed by atoms with E-state index in [2.05, 4.69) is 4.98 Å². The first-order valence-electron chi connectivity index (χ1n) is 5.00. The molecule has 5 heteroatoms. The van der Waals surface area contributed by atoms with Crippen LogP contribution in [0.25, 0.3) is 0 Å². The summed E-state index contributed by atoms with van der Waals surface area (Å²) in [6, 6.07) is 7.64. The predicted octanol–water partition coefficient (Wildman–Crippen LogP) is 2.44. The third kappa shape index (κ3) is 2.82. The molecule has 0 aliphatic heterocycles. The highest BCUT2D eigenvalue weighted by molar-refractivity contribution is 7.13. The molecule has 1 aromatic carbocycles. The molecule has 4 nitrogen and oxygen atoms in total. The van der Waals surface area contributed by atoms with Gasteiger partial charge in [0.1, 0.15) is 10.6 Å². The number of aromatic carboxylic acids is 1. The molecule has 0 aliphatic rings. The minimum absolute atomic E-state index is 0.272. The number of hydrogen-bond donors (Lipinski definition) is 1. The lowest BCUT2D eigenvalue weighted by Crippen LogP contribution is -1.89. The van der Waals surface area contributed by atoms with Crippen molar-refractivity contribution in [1.82, 2.24) is 4.98 Å². The van der Waals surface area contributed by atoms with Gasteiger partial charge < -0.3 is 9.84 Å². The van der Waals surface area contributed by atoms with Crippen LogP contribution in [-0.4, -0.2) is 23.2 Å². The number of aromatic nitrogens is 1. The minimum Gasteiger partial charge on any atom is -0.497 e. The summed E-state index contributed by atoms with van der Waals surface area (Å²) in [5.74, 6) is -0.123. The van der Waals surface area contributed by atoms with Crippen molar-refractivity contribution in [2.75, 3.05) is 7.11 Å². The van der Waals surface area contributed by atoms with E-state index in [1.54, 1.807) is 7.11 Å². The van der Waals surface area contributed by atoms with Crippen molar-refractivity contribution in [3.05, 3.63) is 45.9 Å². The van der Waals surface area contributed by atoms with Crippen LogP contribution in [0.3, 0.4) is 0 Å². The molecule has 0 amide bonds. The summed E-state index contributed by atoms with van der Waals surface area (Å²) in [4.78, 5) is 15.1. The largest absolute Gasteiger partial charge is 0.497 e. The lowest BCUT2D eigenvalue weighted by molar-refractivity contribution is 0.0702. The molecule has 0 saturated carbocycles. The second-order valence-corrected chi connectivity index (χ2v) is 4.56. The van der Waals surface area contributed by atoms with E-state index in [1.807, 2.05) is 24.3 Å². The number of rotatable bonds is 4. The summed E-state index contributed by atoms with van der Waals surface area (Å²) in [6.45, 7) is 0. The van der Waals surface area contributed by atoms with Crippen molar-refractivity contribution in [1.29, 1.82) is 0 Å². The summed E-state index contributed by atoms with van der Waals surface area (Å²) in [6.07, 6.45) is 2.04. The van der Waals surface area contributed by atoms with Gasteiger partial charge in [-0.2, -0.15) is 0 Å². The average molecular weight is 249 g/mol. The smallest absolute Gasteiger partial charge is 0.347 e. The van der Waals surface area contributed by atoms with E-state index in [4.69, 9.17) is 9.84 Å². The zero-order valence-corrected chi connectivity index (χ0v) is 10.0. The number of nitrogens with zero attached hydrogens (tertiary/aromatic N) is 1. The summed E-state index contributed by atoms with van der Waals surface area (Å²) in [7, 11) is 1.62. The lowest BCUT2D eigenvalue weighted by atomic mass is 10.1. The van der Waals surface area contributed by atoms with Crippen molar-refractivity contribution >= 4 is 17.3 Å². The highest BCUT2D eigenvalue weighted by Gasteiger charge is 2.08. The minimum atomic E-state index is -0.927. The van der Waals surface area contributed by atoms with Gasteiger partial charge in [0.25, 0.3) is 0 Å². The van der Waals surface area contributed by atoms with Gasteiger partial charge in [-0.3, -0.25) is 0 Å². The number of carbonyl (C=O) groups is 1. The maximum absolute atomic E-state index is 10.7. The summed E-state index contributed by atoms with van der Waals surface area (Å²) in [5.41, 5.74) is 1.08. The molecule has 88 valence electrons. The van der Waals surface area contributed by atoms with E-state index in [0.29, 0.717) is 6.42 Å². The highest BCUT2D eigenvalue weighted by Crippen LogP contribution is 2.18. The predicted molar refractivity (Wildman–Crippen MR) is 64.9 cm³/mol. The van der Waals surface area contributed by atoms with Crippen LogP contribution in [0.4, 0.5) is 0 Å². The van der Waals surface area contributed by atoms with Gasteiger partial charge in [0.15, 0.2) is 0 Å². The Hall–Kier alpha value is -1.88. The van der Waals surface area contributed by atoms with Gasteiger partial charge in [0, 0.05) is 6.42 Å². The normalized spacial score (nSPS) is 10.2. The van der Waals surface area contributed by atoms with E-state index in [0.717, 1.165) is 16.3 Å². The van der Waals surface area contributed by atoms with Crippen molar-refractivity contribution in [3.8, 4) is 5.75 Å². The van der Waals surface area contributed by atoms with Crippen molar-refractivity contribution in [2.24, 2.45) is 0 Å². The molecule has 2 rings (SSSR count). The zero-order chi connectivity index (χ0) is 12.3. The number of ether oxygens (including phenoxy) is 1. The Morgan fingerprint density at radius 2 is 2.12 bits per heavy atom. The second-order valence-electron chi connectivity index (χ2n) is 3.45. The zero-order valence-electron chi connectivity index (χ0n) is 9.21. The Morgan fingerprint density at radius 1 is 1.41 bits per heavy atom. The van der Waals surface area contributed by atoms with Gasteiger partial charge in [-0.25, -0.2) is 9.78 Å². The third-order valence-electron chi connectivity index (χ3n) is 2.28. The van der Waals surface area contributed by atoms with Crippen LogP contribution < -0.4 is 4.74 Å². The number of benzene rings is 1. The molecular weight excluding hydrogens is 238 g/mol. The summed E-state index contributed by atoms with van der Waals surface area (Å²) < 4.78 is 5.06. The third-order valence-corrected chi connectivity index (χ3v) is 3.26.